The SMILES string of the molecule is C[C@H](C(=O)NCCc1cccc(=O)[nH]1)N(C)C. The van der Waals surface area contributed by atoms with Gasteiger partial charge in [0.15, 0.2) is 0 Å². The highest BCUT2D eigenvalue weighted by Gasteiger charge is 2.13. The van der Waals surface area contributed by atoms with E-state index in [0.29, 0.717) is 13.0 Å². The summed E-state index contributed by atoms with van der Waals surface area (Å²) in [6.07, 6.45) is 0.627. The molecule has 5 heteroatoms. The third kappa shape index (κ3) is 4.40. The number of H-pyrrole nitrogens is 1. The molecule has 5 nitrogen and oxygen atoms in total. The van der Waals surface area contributed by atoms with E-state index in [2.05, 4.69) is 10.3 Å². The van der Waals surface area contributed by atoms with E-state index in [1.165, 1.54) is 6.07 Å². The van der Waals surface area contributed by atoms with Crippen LogP contribution in [0.4, 0.5) is 0 Å². The van der Waals surface area contributed by atoms with Crippen molar-refractivity contribution in [2.45, 2.75) is 19.4 Å². The highest BCUT2D eigenvalue weighted by atomic mass is 16.2. The van der Waals surface area contributed by atoms with Gasteiger partial charge in [-0.3, -0.25) is 14.5 Å². The Kier molecular flexibility index (Phi) is 4.90. The minimum Gasteiger partial charge on any atom is -0.354 e. The van der Waals surface area contributed by atoms with Gasteiger partial charge in [-0.1, -0.05) is 6.07 Å². The first-order chi connectivity index (χ1) is 8.00. The van der Waals surface area contributed by atoms with E-state index in [1.807, 2.05) is 32.0 Å². The summed E-state index contributed by atoms with van der Waals surface area (Å²) in [4.78, 5) is 27.2. The number of hydrogen-bond donors (Lipinski definition) is 2. The van der Waals surface area contributed by atoms with E-state index in [9.17, 15) is 9.59 Å². The molecule has 0 saturated heterocycles. The zero-order chi connectivity index (χ0) is 12.8. The maximum atomic E-state index is 11.6. The first-order valence-corrected chi connectivity index (χ1v) is 5.63. The van der Waals surface area contributed by atoms with Gasteiger partial charge in [-0.2, -0.15) is 0 Å². The van der Waals surface area contributed by atoms with Crippen molar-refractivity contribution < 1.29 is 4.79 Å². The molecule has 0 fully saturated rings. The minimum atomic E-state index is -0.148. The lowest BCUT2D eigenvalue weighted by Crippen LogP contribution is -2.42. The molecule has 0 aliphatic rings. The predicted molar refractivity (Wildman–Crippen MR) is 66.9 cm³/mol. The van der Waals surface area contributed by atoms with Crippen LogP contribution in [0, 0.1) is 0 Å². The number of nitrogens with one attached hydrogen (secondary N) is 2. The number of rotatable bonds is 5. The van der Waals surface area contributed by atoms with Crippen LogP contribution in [0.1, 0.15) is 12.6 Å². The van der Waals surface area contributed by atoms with Gasteiger partial charge in [0.05, 0.1) is 6.04 Å². The molecule has 1 aromatic rings. The Bertz CT molecular complexity index is 426. The van der Waals surface area contributed by atoms with Gasteiger partial charge in [0.25, 0.3) is 0 Å². The summed E-state index contributed by atoms with van der Waals surface area (Å²) in [5, 5.41) is 2.83. The van der Waals surface area contributed by atoms with Crippen LogP contribution in [0.15, 0.2) is 23.0 Å². The zero-order valence-corrected chi connectivity index (χ0v) is 10.5. The van der Waals surface area contributed by atoms with E-state index in [4.69, 9.17) is 0 Å². The summed E-state index contributed by atoms with van der Waals surface area (Å²) in [7, 11) is 3.72. The zero-order valence-electron chi connectivity index (χ0n) is 10.5. The van der Waals surface area contributed by atoms with Crippen molar-refractivity contribution in [1.29, 1.82) is 0 Å². The number of pyridine rings is 1. The number of carbonyl (C=O) groups excluding carboxylic acids is 1. The topological polar surface area (TPSA) is 65.2 Å². The van der Waals surface area contributed by atoms with Crippen LogP contribution < -0.4 is 10.9 Å². The molecule has 1 rings (SSSR count). The normalized spacial score (nSPS) is 12.5. The van der Waals surface area contributed by atoms with Gasteiger partial charge in [0, 0.05) is 24.7 Å². The molecule has 0 aliphatic carbocycles. The van der Waals surface area contributed by atoms with E-state index < -0.39 is 0 Å². The predicted octanol–water partition coefficient (Wildman–Crippen LogP) is -0.0163. The summed E-state index contributed by atoms with van der Waals surface area (Å²) >= 11 is 0. The van der Waals surface area contributed by atoms with Crippen LogP contribution in [0.5, 0.6) is 0 Å². The Morgan fingerprint density at radius 3 is 2.76 bits per heavy atom. The monoisotopic (exact) mass is 237 g/mol. The first kappa shape index (κ1) is 13.4. The highest BCUT2D eigenvalue weighted by Crippen LogP contribution is 1.93. The van der Waals surface area contributed by atoms with Gasteiger partial charge in [0.1, 0.15) is 0 Å². The molecule has 0 aliphatic heterocycles. The number of likely N-dealkylation sites (N-methyl/N-ethyl adjacent to an activating group) is 1. The molecular formula is C12H19N3O2. The van der Waals surface area contributed by atoms with E-state index in [0.717, 1.165) is 5.69 Å². The summed E-state index contributed by atoms with van der Waals surface area (Å²) < 4.78 is 0. The van der Waals surface area contributed by atoms with Crippen molar-refractivity contribution in [3.63, 3.8) is 0 Å². The average molecular weight is 237 g/mol. The van der Waals surface area contributed by atoms with Crippen LogP contribution in [0.3, 0.4) is 0 Å². The number of amides is 1. The average Bonchev–Trinajstić information content (AvgIpc) is 2.27. The third-order valence-corrected chi connectivity index (χ3v) is 2.68. The molecule has 1 atom stereocenters. The second kappa shape index (κ2) is 6.20. The molecule has 17 heavy (non-hydrogen) atoms. The number of hydrogen-bond acceptors (Lipinski definition) is 3. The molecule has 0 unspecified atom stereocenters. The van der Waals surface area contributed by atoms with E-state index in [1.54, 1.807) is 6.07 Å². The summed E-state index contributed by atoms with van der Waals surface area (Å²) in [6, 6.07) is 4.86. The van der Waals surface area contributed by atoms with Gasteiger partial charge in [0.2, 0.25) is 11.5 Å². The molecule has 1 amide bonds. The molecular weight excluding hydrogens is 218 g/mol. The van der Waals surface area contributed by atoms with Crippen molar-refractivity contribution in [3.8, 4) is 0 Å². The highest BCUT2D eigenvalue weighted by molar-refractivity contribution is 5.81. The molecule has 2 N–H and O–H groups in total. The van der Waals surface area contributed by atoms with Crippen molar-refractivity contribution in [1.82, 2.24) is 15.2 Å². The molecule has 94 valence electrons. The smallest absolute Gasteiger partial charge is 0.248 e. The Balaban J connectivity index is 2.38. The second-order valence-corrected chi connectivity index (χ2v) is 4.22. The largest absolute Gasteiger partial charge is 0.354 e. The molecule has 0 spiro atoms. The lowest BCUT2D eigenvalue weighted by molar-refractivity contribution is -0.124. The minimum absolute atomic E-state index is 0.00622. The molecule has 0 radical (unpaired) electrons. The van der Waals surface area contributed by atoms with Gasteiger partial charge in [-0.05, 0) is 27.1 Å². The van der Waals surface area contributed by atoms with Crippen LogP contribution in [-0.4, -0.2) is 42.5 Å². The number of carbonyl (C=O) groups is 1. The fraction of sp³-hybridized carbons (Fsp3) is 0.500. The summed E-state index contributed by atoms with van der Waals surface area (Å²) in [5.74, 6) is -0.00622. The number of aromatic nitrogens is 1. The number of aromatic amines is 1. The summed E-state index contributed by atoms with van der Waals surface area (Å²) in [5.41, 5.74) is 0.714. The van der Waals surface area contributed by atoms with Crippen LogP contribution >= 0.6 is 0 Å². The van der Waals surface area contributed by atoms with Crippen molar-refractivity contribution in [2.75, 3.05) is 20.6 Å². The number of nitrogens with zero attached hydrogens (tertiary/aromatic N) is 1. The Morgan fingerprint density at radius 2 is 2.18 bits per heavy atom. The fourth-order valence-corrected chi connectivity index (χ4v) is 1.34. The fourth-order valence-electron chi connectivity index (χ4n) is 1.34. The molecule has 1 heterocycles. The standard InChI is InChI=1S/C12H19N3O2/c1-9(15(2)3)12(17)13-8-7-10-5-4-6-11(16)14-10/h4-6,9H,7-8H2,1-3H3,(H,13,17)(H,14,16)/t9-/m1/s1. The van der Waals surface area contributed by atoms with Gasteiger partial charge < -0.3 is 10.3 Å². The van der Waals surface area contributed by atoms with Crippen molar-refractivity contribution in [3.05, 3.63) is 34.2 Å². The molecule has 1 aromatic heterocycles. The van der Waals surface area contributed by atoms with Gasteiger partial charge in [-0.15, -0.1) is 0 Å². The van der Waals surface area contributed by atoms with Crippen LogP contribution in [0.25, 0.3) is 0 Å². The van der Waals surface area contributed by atoms with E-state index in [-0.39, 0.29) is 17.5 Å². The lowest BCUT2D eigenvalue weighted by Gasteiger charge is -2.18. The quantitative estimate of drug-likeness (QED) is 0.756. The molecule has 0 bridgehead atoms. The van der Waals surface area contributed by atoms with Gasteiger partial charge >= 0.3 is 0 Å². The first-order valence-electron chi connectivity index (χ1n) is 5.63. The second-order valence-electron chi connectivity index (χ2n) is 4.22. The van der Waals surface area contributed by atoms with Crippen molar-refractivity contribution in [2.24, 2.45) is 0 Å². The van der Waals surface area contributed by atoms with Crippen LogP contribution in [0.2, 0.25) is 0 Å². The van der Waals surface area contributed by atoms with E-state index >= 15 is 0 Å². The maximum absolute atomic E-state index is 11.6. The van der Waals surface area contributed by atoms with Crippen LogP contribution in [-0.2, 0) is 11.2 Å². The van der Waals surface area contributed by atoms with Crippen molar-refractivity contribution >= 4 is 5.91 Å². The Morgan fingerprint density at radius 1 is 1.47 bits per heavy atom. The Hall–Kier alpha value is -1.62. The third-order valence-electron chi connectivity index (χ3n) is 2.68. The van der Waals surface area contributed by atoms with Gasteiger partial charge in [-0.25, -0.2) is 0 Å². The maximum Gasteiger partial charge on any atom is 0.248 e. The molecule has 0 aromatic carbocycles. The summed E-state index contributed by atoms with van der Waals surface area (Å²) in [6.45, 7) is 2.37. The molecule has 0 saturated carbocycles. The lowest BCUT2D eigenvalue weighted by atomic mass is 10.2. The Labute approximate surface area is 101 Å².